The van der Waals surface area contributed by atoms with E-state index >= 15 is 0 Å². The lowest BCUT2D eigenvalue weighted by Gasteiger charge is -2.15. The number of hydrogen-bond acceptors (Lipinski definition) is 1. The zero-order chi connectivity index (χ0) is 10.3. The number of hydrogen-bond donors (Lipinski definition) is 1. The van der Waals surface area contributed by atoms with Crippen molar-refractivity contribution in [1.82, 2.24) is 5.32 Å². The van der Waals surface area contributed by atoms with Crippen LogP contribution in [-0.4, -0.2) is 6.54 Å². The first-order chi connectivity index (χ1) is 7.34. The molecule has 1 atom stereocenters. The monoisotopic (exact) mass is 199 g/mol. The molecule has 1 aliphatic carbocycles. The highest BCUT2D eigenvalue weighted by atomic mass is 14.9. The van der Waals surface area contributed by atoms with Crippen molar-refractivity contribution < 1.29 is 0 Å². The molecule has 1 saturated carbocycles. The van der Waals surface area contributed by atoms with Gasteiger partial charge in [0, 0.05) is 12.6 Å². The topological polar surface area (TPSA) is 12.0 Å². The third kappa shape index (κ3) is 1.72. The summed E-state index contributed by atoms with van der Waals surface area (Å²) >= 11 is 0. The van der Waals surface area contributed by atoms with Crippen LogP contribution in [0.15, 0.2) is 36.4 Å². The predicted octanol–water partition coefficient (Wildman–Crippen LogP) is 3.15. The Balaban J connectivity index is 1.92. The molecule has 0 bridgehead atoms. The van der Waals surface area contributed by atoms with Crippen LogP contribution in [0.1, 0.15) is 42.3 Å². The maximum absolute atomic E-state index is 4.06. The van der Waals surface area contributed by atoms with Crippen LogP contribution in [-0.2, 0) is 0 Å². The van der Waals surface area contributed by atoms with Crippen molar-refractivity contribution in [3.63, 3.8) is 0 Å². The smallest absolute Gasteiger partial charge is 0.0363 e. The van der Waals surface area contributed by atoms with E-state index in [1.165, 1.54) is 24.0 Å². The minimum Gasteiger partial charge on any atom is -0.306 e. The fraction of sp³-hybridized carbons (Fsp3) is 0.429. The number of nitrogens with one attached hydrogen (secondary N) is 1. The standard InChI is InChI=1S/C14H17N/c1-10-8-14(15-9-10)13-5-3-2-4-12(13)11-6-7-11/h2-5,11,14-15H,1,6-9H2. The molecule has 1 N–H and O–H groups in total. The molecule has 1 aromatic rings. The second kappa shape index (κ2) is 3.49. The van der Waals surface area contributed by atoms with E-state index in [1.807, 2.05) is 0 Å². The first-order valence-electron chi connectivity index (χ1n) is 5.83. The first kappa shape index (κ1) is 9.17. The fourth-order valence-electron chi connectivity index (χ4n) is 2.51. The molecule has 1 aromatic carbocycles. The molecule has 78 valence electrons. The highest BCUT2D eigenvalue weighted by Crippen LogP contribution is 2.44. The molecule has 0 spiro atoms. The molecule has 1 nitrogen and oxygen atoms in total. The quantitative estimate of drug-likeness (QED) is 0.721. The Bertz CT molecular complexity index is 390. The predicted molar refractivity (Wildman–Crippen MR) is 62.9 cm³/mol. The SMILES string of the molecule is C=C1CNC(c2ccccc2C2CC2)C1. The molecular formula is C14H17N. The molecule has 2 aliphatic rings. The summed E-state index contributed by atoms with van der Waals surface area (Å²) in [6, 6.07) is 9.43. The Labute approximate surface area is 91.2 Å². The lowest BCUT2D eigenvalue weighted by Crippen LogP contribution is -2.14. The molecule has 0 aromatic heterocycles. The third-order valence-corrected chi connectivity index (χ3v) is 3.48. The van der Waals surface area contributed by atoms with E-state index in [2.05, 4.69) is 36.2 Å². The van der Waals surface area contributed by atoms with Gasteiger partial charge in [0.15, 0.2) is 0 Å². The van der Waals surface area contributed by atoms with Crippen LogP contribution < -0.4 is 5.32 Å². The van der Waals surface area contributed by atoms with Crippen molar-refractivity contribution in [1.29, 1.82) is 0 Å². The Morgan fingerprint density at radius 2 is 1.87 bits per heavy atom. The summed E-state index contributed by atoms with van der Waals surface area (Å²) in [5.74, 6) is 0.844. The second-order valence-corrected chi connectivity index (χ2v) is 4.79. The molecule has 1 heterocycles. The summed E-state index contributed by atoms with van der Waals surface area (Å²) in [6.07, 6.45) is 3.87. The van der Waals surface area contributed by atoms with Crippen LogP contribution >= 0.6 is 0 Å². The molecule has 1 aliphatic heterocycles. The van der Waals surface area contributed by atoms with Crippen molar-refractivity contribution in [2.75, 3.05) is 6.54 Å². The van der Waals surface area contributed by atoms with Gasteiger partial charge < -0.3 is 5.32 Å². The molecule has 1 unspecified atom stereocenters. The van der Waals surface area contributed by atoms with Crippen LogP contribution in [0.4, 0.5) is 0 Å². The van der Waals surface area contributed by atoms with Gasteiger partial charge in [-0.05, 0) is 36.3 Å². The second-order valence-electron chi connectivity index (χ2n) is 4.79. The zero-order valence-electron chi connectivity index (χ0n) is 9.00. The van der Waals surface area contributed by atoms with Crippen LogP contribution in [0.5, 0.6) is 0 Å². The van der Waals surface area contributed by atoms with E-state index in [9.17, 15) is 0 Å². The van der Waals surface area contributed by atoms with E-state index in [0.29, 0.717) is 6.04 Å². The van der Waals surface area contributed by atoms with Gasteiger partial charge in [-0.2, -0.15) is 0 Å². The first-order valence-corrected chi connectivity index (χ1v) is 5.83. The molecule has 1 saturated heterocycles. The Morgan fingerprint density at radius 1 is 1.13 bits per heavy atom. The highest BCUT2D eigenvalue weighted by molar-refractivity contribution is 5.37. The lowest BCUT2D eigenvalue weighted by molar-refractivity contribution is 0.643. The van der Waals surface area contributed by atoms with Crippen molar-refractivity contribution in [2.24, 2.45) is 0 Å². The maximum Gasteiger partial charge on any atom is 0.0363 e. The Morgan fingerprint density at radius 3 is 2.47 bits per heavy atom. The number of benzene rings is 1. The molecule has 1 heteroatoms. The van der Waals surface area contributed by atoms with Gasteiger partial charge in [0.2, 0.25) is 0 Å². The summed E-state index contributed by atoms with van der Waals surface area (Å²) in [5, 5.41) is 3.55. The van der Waals surface area contributed by atoms with Gasteiger partial charge in [0.1, 0.15) is 0 Å². The summed E-state index contributed by atoms with van der Waals surface area (Å²) < 4.78 is 0. The van der Waals surface area contributed by atoms with Gasteiger partial charge in [-0.3, -0.25) is 0 Å². The van der Waals surface area contributed by atoms with Crippen LogP contribution in [0.2, 0.25) is 0 Å². The van der Waals surface area contributed by atoms with Gasteiger partial charge in [0.25, 0.3) is 0 Å². The summed E-state index contributed by atoms with van der Waals surface area (Å²) in [7, 11) is 0. The average Bonchev–Trinajstić information content (AvgIpc) is 3.02. The molecule has 0 radical (unpaired) electrons. The summed E-state index contributed by atoms with van der Waals surface area (Å²) in [6.45, 7) is 5.05. The molecule has 0 amide bonds. The lowest BCUT2D eigenvalue weighted by atomic mass is 9.96. The Hall–Kier alpha value is -1.08. The van der Waals surface area contributed by atoms with Crippen LogP contribution in [0, 0.1) is 0 Å². The van der Waals surface area contributed by atoms with Crippen molar-refractivity contribution in [3.05, 3.63) is 47.5 Å². The zero-order valence-corrected chi connectivity index (χ0v) is 9.00. The highest BCUT2D eigenvalue weighted by Gasteiger charge is 2.29. The Kier molecular flexibility index (Phi) is 2.14. The summed E-state index contributed by atoms with van der Waals surface area (Å²) in [5.41, 5.74) is 4.42. The minimum atomic E-state index is 0.522. The molecular weight excluding hydrogens is 182 g/mol. The normalized spacial score (nSPS) is 25.9. The molecule has 15 heavy (non-hydrogen) atoms. The van der Waals surface area contributed by atoms with E-state index in [1.54, 1.807) is 5.56 Å². The van der Waals surface area contributed by atoms with Crippen molar-refractivity contribution >= 4 is 0 Å². The largest absolute Gasteiger partial charge is 0.306 e. The maximum atomic E-state index is 4.06. The average molecular weight is 199 g/mol. The van der Waals surface area contributed by atoms with Crippen molar-refractivity contribution in [2.45, 2.75) is 31.2 Å². The summed E-state index contributed by atoms with van der Waals surface area (Å²) in [4.78, 5) is 0. The minimum absolute atomic E-state index is 0.522. The van der Waals surface area contributed by atoms with E-state index in [4.69, 9.17) is 0 Å². The van der Waals surface area contributed by atoms with E-state index in [0.717, 1.165) is 18.9 Å². The molecule has 2 fully saturated rings. The van der Waals surface area contributed by atoms with Gasteiger partial charge in [-0.25, -0.2) is 0 Å². The molecule has 3 rings (SSSR count). The van der Waals surface area contributed by atoms with E-state index in [-0.39, 0.29) is 0 Å². The van der Waals surface area contributed by atoms with Crippen molar-refractivity contribution in [3.8, 4) is 0 Å². The third-order valence-electron chi connectivity index (χ3n) is 3.48. The van der Waals surface area contributed by atoms with Gasteiger partial charge in [0.05, 0.1) is 0 Å². The van der Waals surface area contributed by atoms with Crippen LogP contribution in [0.3, 0.4) is 0 Å². The van der Waals surface area contributed by atoms with Gasteiger partial charge >= 0.3 is 0 Å². The van der Waals surface area contributed by atoms with Gasteiger partial charge in [-0.15, -0.1) is 0 Å². The van der Waals surface area contributed by atoms with Crippen LogP contribution in [0.25, 0.3) is 0 Å². The number of rotatable bonds is 2. The fourth-order valence-corrected chi connectivity index (χ4v) is 2.51. The van der Waals surface area contributed by atoms with Gasteiger partial charge in [-0.1, -0.05) is 36.4 Å². The van der Waals surface area contributed by atoms with E-state index < -0.39 is 0 Å².